The van der Waals surface area contributed by atoms with E-state index in [2.05, 4.69) is 32.7 Å². The summed E-state index contributed by atoms with van der Waals surface area (Å²) in [5, 5.41) is 16.6. The van der Waals surface area contributed by atoms with Crippen molar-refractivity contribution in [3.8, 4) is 0 Å². The summed E-state index contributed by atoms with van der Waals surface area (Å²) >= 11 is 0. The number of fused-ring (bicyclic) bond motifs is 1. The van der Waals surface area contributed by atoms with Crippen molar-refractivity contribution in [3.05, 3.63) is 77.0 Å². The molecule has 0 radical (unpaired) electrons. The van der Waals surface area contributed by atoms with Crippen LogP contribution in [-0.4, -0.2) is 69.0 Å². The molecular weight excluding hydrogens is 522 g/mol. The zero-order valence-corrected chi connectivity index (χ0v) is 22.8. The molecule has 41 heavy (non-hydrogen) atoms. The van der Waals surface area contributed by atoms with Gasteiger partial charge in [-0.15, -0.1) is 0 Å². The lowest BCUT2D eigenvalue weighted by molar-refractivity contribution is -0.136. The minimum atomic E-state index is -0.993. The molecule has 0 saturated carbocycles. The number of allylic oxidation sites excluding steroid dienone is 1. The van der Waals surface area contributed by atoms with Crippen molar-refractivity contribution in [1.82, 2.24) is 15.1 Å². The quantitative estimate of drug-likeness (QED) is 0.448. The van der Waals surface area contributed by atoms with Crippen molar-refractivity contribution in [2.75, 3.05) is 18.4 Å². The van der Waals surface area contributed by atoms with Crippen LogP contribution in [0.15, 0.2) is 59.7 Å². The molecule has 0 bridgehead atoms. The van der Waals surface area contributed by atoms with Crippen LogP contribution >= 0.6 is 0 Å². The Labute approximate surface area is 238 Å². The second kappa shape index (κ2) is 11.0. The minimum absolute atomic E-state index is 0.0818. The number of carbonyl (C=O) groups is 4. The number of aliphatic imine (C=N–C) groups is 1. The van der Waals surface area contributed by atoms with E-state index in [9.17, 15) is 24.3 Å². The number of amides is 4. The minimum Gasteiger partial charge on any atom is -0.384 e. The standard InChI is InChI=1S/C31H33N5O5/c37-26-12-11-24(28(38)34-26)36-29(39)22-4-3-5-23(27(22)30(36)40)33-18-20-7-9-21(10-8-20)19-35-16-13-31(41,14-17-35)25-6-1-2-15-32-25/h2-5,7-10,15,24,33,41H,1,6,11-14,16-19H2,(H,34,37,38). The van der Waals surface area contributed by atoms with Gasteiger partial charge in [-0.25, -0.2) is 0 Å². The number of aliphatic hydroxyl groups is 1. The van der Waals surface area contributed by atoms with Crippen molar-refractivity contribution >= 4 is 35.0 Å². The molecule has 4 aliphatic heterocycles. The van der Waals surface area contributed by atoms with E-state index in [0.717, 1.165) is 48.7 Å². The van der Waals surface area contributed by atoms with Crippen molar-refractivity contribution in [2.24, 2.45) is 4.99 Å². The van der Waals surface area contributed by atoms with Crippen LogP contribution in [0.5, 0.6) is 0 Å². The van der Waals surface area contributed by atoms with Crippen molar-refractivity contribution in [1.29, 1.82) is 0 Å². The molecule has 2 aromatic rings. The van der Waals surface area contributed by atoms with Crippen molar-refractivity contribution in [2.45, 2.75) is 63.3 Å². The Balaban J connectivity index is 1.06. The largest absolute Gasteiger partial charge is 0.384 e. The third kappa shape index (κ3) is 5.32. The maximum Gasteiger partial charge on any atom is 0.264 e. The summed E-state index contributed by atoms with van der Waals surface area (Å²) < 4.78 is 0. The summed E-state index contributed by atoms with van der Waals surface area (Å²) in [6.07, 6.45) is 7.18. The zero-order valence-electron chi connectivity index (χ0n) is 22.8. The predicted octanol–water partition coefficient (Wildman–Crippen LogP) is 2.78. The zero-order chi connectivity index (χ0) is 28.6. The second-order valence-electron chi connectivity index (χ2n) is 11.2. The van der Waals surface area contributed by atoms with E-state index < -0.39 is 35.3 Å². The van der Waals surface area contributed by atoms with Gasteiger partial charge in [-0.1, -0.05) is 36.4 Å². The van der Waals surface area contributed by atoms with Crippen molar-refractivity contribution in [3.63, 3.8) is 0 Å². The van der Waals surface area contributed by atoms with Gasteiger partial charge in [0.05, 0.1) is 11.1 Å². The summed E-state index contributed by atoms with van der Waals surface area (Å²) in [7, 11) is 0. The van der Waals surface area contributed by atoms with Crippen LogP contribution < -0.4 is 10.6 Å². The first kappa shape index (κ1) is 27.0. The lowest BCUT2D eigenvalue weighted by Gasteiger charge is -2.39. The van der Waals surface area contributed by atoms with E-state index in [1.165, 1.54) is 5.56 Å². The van der Waals surface area contributed by atoms with Gasteiger partial charge in [-0.05, 0) is 55.4 Å². The van der Waals surface area contributed by atoms with Gasteiger partial charge in [-0.2, -0.15) is 0 Å². The van der Waals surface area contributed by atoms with Gasteiger partial charge in [0.2, 0.25) is 11.8 Å². The molecule has 2 aromatic carbocycles. The van der Waals surface area contributed by atoms with Gasteiger partial charge >= 0.3 is 0 Å². The maximum absolute atomic E-state index is 13.3. The smallest absolute Gasteiger partial charge is 0.264 e. The fourth-order valence-electron chi connectivity index (χ4n) is 6.10. The SMILES string of the molecule is O=C1CCC(N2C(=O)c3cccc(NCc4ccc(CN5CCC(O)(C6=NC=CCC6)CC5)cc4)c3C2=O)C(=O)N1. The van der Waals surface area contributed by atoms with E-state index in [-0.39, 0.29) is 24.0 Å². The molecule has 1 unspecified atom stereocenters. The number of rotatable bonds is 7. The summed E-state index contributed by atoms with van der Waals surface area (Å²) in [6.45, 7) is 2.87. The van der Waals surface area contributed by atoms with Crippen LogP contribution in [0, 0.1) is 0 Å². The van der Waals surface area contributed by atoms with Gasteiger partial charge in [0.25, 0.3) is 11.8 Å². The number of hydrogen-bond acceptors (Lipinski definition) is 8. The van der Waals surface area contributed by atoms with E-state index in [0.29, 0.717) is 25.1 Å². The van der Waals surface area contributed by atoms with Gasteiger partial charge in [0.15, 0.2) is 0 Å². The summed E-state index contributed by atoms with van der Waals surface area (Å²) in [5.74, 6) is -2.07. The molecule has 1 atom stereocenters. The molecule has 4 heterocycles. The molecular formula is C31H33N5O5. The molecule has 10 nitrogen and oxygen atoms in total. The van der Waals surface area contributed by atoms with E-state index in [1.807, 2.05) is 18.2 Å². The third-order valence-electron chi connectivity index (χ3n) is 8.48. The number of hydrogen-bond donors (Lipinski definition) is 3. The third-order valence-corrected chi connectivity index (χ3v) is 8.48. The molecule has 0 spiro atoms. The number of carbonyl (C=O) groups excluding carboxylic acids is 4. The number of anilines is 1. The Morgan fingerprint density at radius 3 is 2.44 bits per heavy atom. The molecule has 3 N–H and O–H groups in total. The Hall–Kier alpha value is -4.15. The number of benzene rings is 2. The maximum atomic E-state index is 13.3. The fraction of sp³-hybridized carbons (Fsp3) is 0.387. The first-order valence-corrected chi connectivity index (χ1v) is 14.2. The van der Waals surface area contributed by atoms with Gasteiger partial charge < -0.3 is 10.4 Å². The Morgan fingerprint density at radius 2 is 1.73 bits per heavy atom. The highest BCUT2D eigenvalue weighted by atomic mass is 16.3. The van der Waals surface area contributed by atoms with Crippen molar-refractivity contribution < 1.29 is 24.3 Å². The van der Waals surface area contributed by atoms with E-state index in [4.69, 9.17) is 0 Å². The highest BCUT2D eigenvalue weighted by Crippen LogP contribution is 2.33. The lowest BCUT2D eigenvalue weighted by Crippen LogP contribution is -2.54. The van der Waals surface area contributed by atoms with Crippen LogP contribution in [0.2, 0.25) is 0 Å². The lowest BCUT2D eigenvalue weighted by atomic mass is 9.84. The molecule has 4 aliphatic rings. The summed E-state index contributed by atoms with van der Waals surface area (Å²) in [5.41, 5.74) is 3.34. The fourth-order valence-corrected chi connectivity index (χ4v) is 6.10. The van der Waals surface area contributed by atoms with Gasteiger partial charge in [0, 0.05) is 50.2 Å². The van der Waals surface area contributed by atoms with Crippen LogP contribution in [0.4, 0.5) is 5.69 Å². The normalized spacial score (nSPS) is 22.4. The molecule has 212 valence electrons. The van der Waals surface area contributed by atoms with E-state index >= 15 is 0 Å². The molecule has 0 aromatic heterocycles. The van der Waals surface area contributed by atoms with Crippen LogP contribution in [0.25, 0.3) is 0 Å². The van der Waals surface area contributed by atoms with E-state index in [1.54, 1.807) is 24.4 Å². The number of nitrogens with one attached hydrogen (secondary N) is 2. The molecule has 0 aliphatic carbocycles. The molecule has 6 rings (SSSR count). The second-order valence-corrected chi connectivity index (χ2v) is 11.2. The summed E-state index contributed by atoms with van der Waals surface area (Å²) in [6, 6.07) is 12.3. The van der Waals surface area contributed by atoms with Crippen LogP contribution in [0.1, 0.15) is 70.4 Å². The Bertz CT molecular complexity index is 1460. The Kier molecular flexibility index (Phi) is 7.27. The highest BCUT2D eigenvalue weighted by molar-refractivity contribution is 6.25. The summed E-state index contributed by atoms with van der Waals surface area (Å²) in [4.78, 5) is 58.0. The van der Waals surface area contributed by atoms with Crippen LogP contribution in [0.3, 0.4) is 0 Å². The molecule has 2 saturated heterocycles. The average Bonchev–Trinajstić information content (AvgIpc) is 3.24. The molecule has 10 heteroatoms. The predicted molar refractivity (Wildman–Crippen MR) is 152 cm³/mol. The topological polar surface area (TPSA) is 131 Å². The molecule has 2 fully saturated rings. The number of nitrogens with zero attached hydrogens (tertiary/aromatic N) is 3. The number of imide groups is 2. The first-order valence-electron chi connectivity index (χ1n) is 14.2. The average molecular weight is 556 g/mol. The first-order chi connectivity index (χ1) is 19.8. The number of piperidine rings is 2. The monoisotopic (exact) mass is 555 g/mol. The molecule has 4 amide bonds. The number of likely N-dealkylation sites (tertiary alicyclic amines) is 1. The van der Waals surface area contributed by atoms with Gasteiger partial charge in [0.1, 0.15) is 11.6 Å². The van der Waals surface area contributed by atoms with Gasteiger partial charge in [-0.3, -0.25) is 39.3 Å². The Morgan fingerprint density at radius 1 is 0.976 bits per heavy atom. The highest BCUT2D eigenvalue weighted by Gasteiger charge is 2.45. The van der Waals surface area contributed by atoms with Crippen LogP contribution in [-0.2, 0) is 22.7 Å².